The Balaban J connectivity index is 0.00000155. The third-order valence-corrected chi connectivity index (χ3v) is 18.1. The number of anilines is 1. The second kappa shape index (κ2) is 18.8. The van der Waals surface area contributed by atoms with Crippen LogP contribution in [0.5, 0.6) is 0 Å². The second-order valence-corrected chi connectivity index (χ2v) is 23.2. The molecule has 1 aliphatic heterocycles. The third kappa shape index (κ3) is 9.30. The summed E-state index contributed by atoms with van der Waals surface area (Å²) in [4.78, 5) is 4.19. The number of hydrogen-bond donors (Lipinski definition) is 0. The van der Waals surface area contributed by atoms with Gasteiger partial charge in [-0.3, -0.25) is 9.49 Å². The predicted octanol–water partition coefficient (Wildman–Crippen LogP) is 12.2. The van der Waals surface area contributed by atoms with Crippen LogP contribution in [0.15, 0.2) is 192 Å². The molecule has 272 valence electrons. The van der Waals surface area contributed by atoms with Crippen molar-refractivity contribution in [3.05, 3.63) is 194 Å². The van der Waals surface area contributed by atoms with Crippen LogP contribution in [0.3, 0.4) is 0 Å². The van der Waals surface area contributed by atoms with Gasteiger partial charge >= 0.3 is 41.0 Å². The quantitative estimate of drug-likeness (QED) is 0.0779. The van der Waals surface area contributed by atoms with E-state index < -0.39 is 14.1 Å². The van der Waals surface area contributed by atoms with Gasteiger partial charge in [0.15, 0.2) is 0 Å². The van der Waals surface area contributed by atoms with Gasteiger partial charge in [0.05, 0.1) is 17.1 Å². The van der Waals surface area contributed by atoms with Gasteiger partial charge in [0.1, 0.15) is 0 Å². The maximum atomic E-state index is 6.08. The van der Waals surface area contributed by atoms with E-state index in [9.17, 15) is 0 Å². The van der Waals surface area contributed by atoms with E-state index in [1.165, 1.54) is 26.8 Å². The van der Waals surface area contributed by atoms with E-state index in [4.69, 9.17) is 19.7 Å². The predicted molar refractivity (Wildman–Crippen MR) is 237 cm³/mol. The minimum atomic E-state index is -2.63. The average molecular weight is 910 g/mol. The van der Waals surface area contributed by atoms with Gasteiger partial charge in [-0.05, 0) is 66.3 Å². The summed E-state index contributed by atoms with van der Waals surface area (Å²) in [5.74, 6) is 0.742. The summed E-state index contributed by atoms with van der Waals surface area (Å²) in [6.45, 7) is 10.0. The van der Waals surface area contributed by atoms with Crippen molar-refractivity contribution >= 4 is 83.1 Å². The first-order valence-corrected chi connectivity index (χ1v) is 25.7. The molecule has 4 nitrogen and oxygen atoms in total. The molecule has 7 rings (SSSR count). The van der Waals surface area contributed by atoms with Gasteiger partial charge in [0.25, 0.3) is 0 Å². The number of nitrogens with zero attached hydrogens (tertiary/aromatic N) is 4. The van der Waals surface area contributed by atoms with Crippen LogP contribution in [0.2, 0.25) is 0 Å². The van der Waals surface area contributed by atoms with Crippen LogP contribution in [-0.4, -0.2) is 16.8 Å². The van der Waals surface area contributed by atoms with Crippen molar-refractivity contribution in [2.45, 2.75) is 26.8 Å². The molecule has 0 saturated carbocycles. The Bertz CT molecular complexity index is 2110. The fourth-order valence-electron chi connectivity index (χ4n) is 6.41. The van der Waals surface area contributed by atoms with Crippen LogP contribution in [0.1, 0.15) is 19.4 Å². The van der Waals surface area contributed by atoms with Crippen LogP contribution >= 0.6 is 44.8 Å². The Hall–Kier alpha value is -3.37. The summed E-state index contributed by atoms with van der Waals surface area (Å²) in [7, 11) is 0.794. The molecule has 0 saturated heterocycles. The molecule has 53 heavy (non-hydrogen) atoms. The van der Waals surface area contributed by atoms with Gasteiger partial charge in [-0.25, -0.2) is 0 Å². The average Bonchev–Trinajstić information content (AvgIpc) is 3.71. The standard InChI is InChI=1S/C44H42N4P2.ClH.HI.Ni/c1-36(2)47-32-33-48(34-47)44-27-17-16-26-43(44)46-50(41-22-12-6-13-23-41,42-24-14-7-15-25-42)35-49(39-18-8-4-9-19-39,40-20-10-5-11-21-40)45-38-30-28-37(3)29-31-38;;;/h4-33,36H,35H2,1-3H3;2*1H;/q;;;+2/p-2. The van der Waals surface area contributed by atoms with E-state index in [1.54, 1.807) is 0 Å². The van der Waals surface area contributed by atoms with Crippen molar-refractivity contribution < 1.29 is 10.4 Å². The van der Waals surface area contributed by atoms with Gasteiger partial charge in [-0.2, -0.15) is 0 Å². The Labute approximate surface area is 337 Å². The molecule has 0 unspecified atom stereocenters. The van der Waals surface area contributed by atoms with Crippen molar-refractivity contribution in [1.29, 1.82) is 0 Å². The van der Waals surface area contributed by atoms with Gasteiger partial charge < -0.3 is 9.80 Å². The summed E-state index contributed by atoms with van der Waals surface area (Å²) >= 11 is 1.99. The van der Waals surface area contributed by atoms with E-state index in [1.807, 2.05) is 20.5 Å². The van der Waals surface area contributed by atoms with Gasteiger partial charge in [0.2, 0.25) is 6.67 Å². The maximum absolute atomic E-state index is 6.08. The molecule has 0 bridgehead atoms. The molecule has 9 heteroatoms. The van der Waals surface area contributed by atoms with Gasteiger partial charge in [-0.1, -0.05) is 151 Å². The number of hydrogen-bond acceptors (Lipinski definition) is 4. The van der Waals surface area contributed by atoms with Crippen molar-refractivity contribution in [2.24, 2.45) is 9.49 Å². The van der Waals surface area contributed by atoms with Crippen LogP contribution in [0, 0.1) is 13.6 Å². The minimum absolute atomic E-state index is 0.297. The van der Waals surface area contributed by atoms with E-state index in [-0.39, 0.29) is 0 Å². The summed E-state index contributed by atoms with van der Waals surface area (Å²) in [5.41, 5.74) is 4.14. The molecule has 0 aliphatic carbocycles. The summed E-state index contributed by atoms with van der Waals surface area (Å²) in [6.07, 6.45) is 4.16. The first-order chi connectivity index (χ1) is 25.9. The zero-order chi connectivity index (χ0) is 37.1. The Morgan fingerprint density at radius 3 is 1.45 bits per heavy atom. The fourth-order valence-corrected chi connectivity index (χ4v) is 16.7. The molecule has 0 aromatic heterocycles. The number of halogens is 2. The summed E-state index contributed by atoms with van der Waals surface area (Å²) in [6, 6.07) is 61.3. The first-order valence-electron chi connectivity index (χ1n) is 17.3. The number of benzene rings is 6. The van der Waals surface area contributed by atoms with Crippen molar-refractivity contribution in [3.63, 3.8) is 0 Å². The van der Waals surface area contributed by atoms with Crippen LogP contribution in [0.4, 0.5) is 17.1 Å². The van der Waals surface area contributed by atoms with E-state index in [2.05, 4.69) is 219 Å². The van der Waals surface area contributed by atoms with Gasteiger partial charge in [-0.15, -0.1) is 0 Å². The second-order valence-electron chi connectivity index (χ2n) is 12.9. The first kappa shape index (κ1) is 39.3. The van der Waals surface area contributed by atoms with E-state index >= 15 is 0 Å². The molecule has 0 spiro atoms. The fraction of sp³-hybridized carbons (Fsp3) is 0.114. The SMILES string of the molecule is Cc1ccc(N=P(CP(=Nc2ccccc2N2[C]N(C(C)C)C=C2)(c2ccccc2)c2ccccc2)(c2ccccc2)c2ccccc2)cc1.[Cl][Ni][I]. The Morgan fingerprint density at radius 1 is 0.604 bits per heavy atom. The van der Waals surface area contributed by atoms with Crippen molar-refractivity contribution in [1.82, 2.24) is 4.90 Å². The molecule has 0 N–H and O–H groups in total. The van der Waals surface area contributed by atoms with E-state index in [0.29, 0.717) is 6.04 Å². The monoisotopic (exact) mass is 908 g/mol. The van der Waals surface area contributed by atoms with Crippen LogP contribution < -0.4 is 26.1 Å². The molecule has 6 aromatic carbocycles. The molecule has 0 atom stereocenters. The summed E-state index contributed by atoms with van der Waals surface area (Å²) < 4.78 is 12.0. The number of aryl methyl sites for hydroxylation is 1. The van der Waals surface area contributed by atoms with Crippen molar-refractivity contribution in [3.8, 4) is 0 Å². The Morgan fingerprint density at radius 2 is 1.02 bits per heavy atom. The van der Waals surface area contributed by atoms with Crippen molar-refractivity contribution in [2.75, 3.05) is 10.8 Å². The van der Waals surface area contributed by atoms with E-state index in [0.717, 1.165) is 33.3 Å². The van der Waals surface area contributed by atoms with Crippen LogP contribution in [0.25, 0.3) is 0 Å². The number of rotatable bonds is 10. The zero-order valence-corrected chi connectivity index (χ0v) is 35.6. The third-order valence-electron chi connectivity index (χ3n) is 9.04. The molecule has 0 amide bonds. The molecule has 0 fully saturated rings. The molecule has 1 aliphatic rings. The summed E-state index contributed by atoms with van der Waals surface area (Å²) in [5, 5.41) is 4.93. The Kier molecular flexibility index (Phi) is 13.9. The molecule has 1 heterocycles. The molecular weight excluding hydrogens is 868 g/mol. The molecular formula is C44H42ClIN4NiP2. The number of para-hydroxylation sites is 1. The molecule has 2 radical (unpaired) electrons. The van der Waals surface area contributed by atoms with Crippen LogP contribution in [-0.2, 0) is 10.4 Å². The topological polar surface area (TPSA) is 31.2 Å². The normalized spacial score (nSPS) is 12.8. The zero-order valence-electron chi connectivity index (χ0n) is 29.9. The van der Waals surface area contributed by atoms with Gasteiger partial charge in [0, 0.05) is 38.5 Å². The molecule has 6 aromatic rings.